The molecule has 0 unspecified atom stereocenters. The molecule has 0 amide bonds. The summed E-state index contributed by atoms with van der Waals surface area (Å²) in [7, 11) is 2.13. The first-order valence-electron chi connectivity index (χ1n) is 7.44. The summed E-state index contributed by atoms with van der Waals surface area (Å²) in [4.78, 5) is 13.6. The molecule has 0 heterocycles. The molecule has 104 valence electrons. The third-order valence-corrected chi connectivity index (χ3v) is 4.63. The Hall–Kier alpha value is -1.31. The van der Waals surface area contributed by atoms with Gasteiger partial charge in [0.1, 0.15) is 0 Å². The Kier molecular flexibility index (Phi) is 4.62. The molecule has 0 aromatic heterocycles. The lowest BCUT2D eigenvalue weighted by Gasteiger charge is -2.36. The number of nitrogens with zero attached hydrogens (tertiary/aromatic N) is 1. The van der Waals surface area contributed by atoms with Crippen molar-refractivity contribution < 1.29 is 4.79 Å². The molecule has 19 heavy (non-hydrogen) atoms. The molecule has 1 saturated carbocycles. The van der Waals surface area contributed by atoms with Crippen molar-refractivity contribution in [3.05, 3.63) is 29.3 Å². The number of hydrogen-bond acceptors (Lipinski definition) is 2. The molecule has 2 heteroatoms. The summed E-state index contributed by atoms with van der Waals surface area (Å²) in [5.41, 5.74) is 3.05. The topological polar surface area (TPSA) is 20.3 Å². The molecular formula is C17H25NO. The molecular weight excluding hydrogens is 234 g/mol. The van der Waals surface area contributed by atoms with Gasteiger partial charge in [0.2, 0.25) is 0 Å². The highest BCUT2D eigenvalue weighted by Gasteiger charge is 2.24. The molecule has 0 radical (unpaired) electrons. The van der Waals surface area contributed by atoms with E-state index in [1.165, 1.54) is 32.1 Å². The van der Waals surface area contributed by atoms with Crippen molar-refractivity contribution in [3.8, 4) is 0 Å². The summed E-state index contributed by atoms with van der Waals surface area (Å²) in [6.45, 7) is 4.32. The maximum atomic E-state index is 11.2. The van der Waals surface area contributed by atoms with Crippen LogP contribution in [0.1, 0.15) is 54.9 Å². The van der Waals surface area contributed by atoms with Crippen LogP contribution in [0, 0.1) is 12.8 Å². The van der Waals surface area contributed by atoms with Crippen LogP contribution in [0.2, 0.25) is 0 Å². The van der Waals surface area contributed by atoms with E-state index in [9.17, 15) is 4.79 Å². The lowest BCUT2D eigenvalue weighted by atomic mass is 9.84. The first-order chi connectivity index (χ1) is 9.15. The van der Waals surface area contributed by atoms with Gasteiger partial charge >= 0.3 is 0 Å². The van der Waals surface area contributed by atoms with Crippen molar-refractivity contribution in [2.45, 2.75) is 52.0 Å². The average Bonchev–Trinajstić information content (AvgIpc) is 2.46. The normalized spacial score (nSPS) is 23.1. The molecule has 0 bridgehead atoms. The molecule has 0 aliphatic heterocycles. The van der Waals surface area contributed by atoms with Crippen LogP contribution in [0.15, 0.2) is 18.2 Å². The zero-order chi connectivity index (χ0) is 13.8. The highest BCUT2D eigenvalue weighted by atomic mass is 16.1. The Morgan fingerprint density at radius 3 is 2.53 bits per heavy atom. The van der Waals surface area contributed by atoms with Crippen LogP contribution in [0.3, 0.4) is 0 Å². The van der Waals surface area contributed by atoms with Gasteiger partial charge in [-0.2, -0.15) is 0 Å². The van der Waals surface area contributed by atoms with E-state index in [-0.39, 0.29) is 0 Å². The third-order valence-electron chi connectivity index (χ3n) is 4.63. The van der Waals surface area contributed by atoms with E-state index in [4.69, 9.17) is 0 Å². The van der Waals surface area contributed by atoms with Crippen LogP contribution in [0.25, 0.3) is 0 Å². The van der Waals surface area contributed by atoms with Gasteiger partial charge < -0.3 is 4.90 Å². The summed E-state index contributed by atoms with van der Waals surface area (Å²) in [6.07, 6.45) is 7.45. The molecule has 1 fully saturated rings. The Balaban J connectivity index is 2.11. The van der Waals surface area contributed by atoms with E-state index in [0.717, 1.165) is 29.0 Å². The number of hydrogen-bond donors (Lipinski definition) is 0. The maximum absolute atomic E-state index is 11.2. The minimum Gasteiger partial charge on any atom is -0.371 e. The smallest absolute Gasteiger partial charge is 0.152 e. The molecule has 0 saturated heterocycles. The van der Waals surface area contributed by atoms with Gasteiger partial charge in [0.25, 0.3) is 0 Å². The van der Waals surface area contributed by atoms with Gasteiger partial charge in [-0.15, -0.1) is 0 Å². The van der Waals surface area contributed by atoms with Crippen molar-refractivity contribution in [1.82, 2.24) is 0 Å². The first-order valence-corrected chi connectivity index (χ1v) is 7.44. The Labute approximate surface area is 116 Å². The zero-order valence-corrected chi connectivity index (χ0v) is 12.4. The zero-order valence-electron chi connectivity index (χ0n) is 12.4. The van der Waals surface area contributed by atoms with Crippen molar-refractivity contribution >= 4 is 12.0 Å². The Morgan fingerprint density at radius 2 is 1.95 bits per heavy atom. The largest absolute Gasteiger partial charge is 0.371 e. The second-order valence-corrected chi connectivity index (χ2v) is 5.87. The van der Waals surface area contributed by atoms with Crippen LogP contribution in [0.5, 0.6) is 0 Å². The van der Waals surface area contributed by atoms with Gasteiger partial charge in [-0.1, -0.05) is 25.0 Å². The van der Waals surface area contributed by atoms with E-state index < -0.39 is 0 Å². The number of carbonyl (C=O) groups excluding carboxylic acids is 1. The quantitative estimate of drug-likeness (QED) is 0.755. The standard InChI is InChI=1S/C17H25NO/c1-4-14-6-8-16(9-7-14)18(3)17-10-5-13(2)11-15(17)12-19/h5,10-12,14,16H,4,6-9H2,1-3H3. The molecule has 1 aromatic rings. The molecule has 1 aliphatic carbocycles. The van der Waals surface area contributed by atoms with Crippen LogP contribution < -0.4 is 4.90 Å². The van der Waals surface area contributed by atoms with Crippen molar-refractivity contribution in [3.63, 3.8) is 0 Å². The molecule has 2 rings (SSSR count). The number of benzene rings is 1. The second kappa shape index (κ2) is 6.23. The predicted octanol–water partition coefficient (Wildman–Crippen LogP) is 4.21. The van der Waals surface area contributed by atoms with Gasteiger partial charge in [-0.25, -0.2) is 0 Å². The number of carbonyl (C=O) groups is 1. The fourth-order valence-electron chi connectivity index (χ4n) is 3.23. The van der Waals surface area contributed by atoms with E-state index in [2.05, 4.69) is 31.0 Å². The van der Waals surface area contributed by atoms with E-state index >= 15 is 0 Å². The van der Waals surface area contributed by atoms with Gasteiger partial charge in [0.05, 0.1) is 0 Å². The Morgan fingerprint density at radius 1 is 1.26 bits per heavy atom. The summed E-state index contributed by atoms with van der Waals surface area (Å²) >= 11 is 0. The molecule has 2 nitrogen and oxygen atoms in total. The SMILES string of the molecule is CCC1CCC(N(C)c2ccc(C)cc2C=O)CC1. The molecule has 1 aliphatic rings. The Bertz CT molecular complexity index is 433. The number of anilines is 1. The fraction of sp³-hybridized carbons (Fsp3) is 0.588. The lowest BCUT2D eigenvalue weighted by Crippen LogP contribution is -2.35. The summed E-state index contributed by atoms with van der Waals surface area (Å²) in [5.74, 6) is 0.910. The number of rotatable bonds is 4. The molecule has 0 spiro atoms. The van der Waals surface area contributed by atoms with E-state index in [0.29, 0.717) is 6.04 Å². The highest BCUT2D eigenvalue weighted by Crippen LogP contribution is 2.32. The summed E-state index contributed by atoms with van der Waals surface area (Å²) in [5, 5.41) is 0. The van der Waals surface area contributed by atoms with Gasteiger partial charge in [0, 0.05) is 24.3 Å². The number of aldehydes is 1. The van der Waals surface area contributed by atoms with Crippen LogP contribution >= 0.6 is 0 Å². The maximum Gasteiger partial charge on any atom is 0.152 e. The second-order valence-electron chi connectivity index (χ2n) is 5.87. The van der Waals surface area contributed by atoms with Crippen molar-refractivity contribution in [2.75, 3.05) is 11.9 Å². The molecule has 1 aromatic carbocycles. The third kappa shape index (κ3) is 3.17. The monoisotopic (exact) mass is 259 g/mol. The lowest BCUT2D eigenvalue weighted by molar-refractivity contribution is 0.112. The van der Waals surface area contributed by atoms with Crippen molar-refractivity contribution in [1.29, 1.82) is 0 Å². The number of aryl methyl sites for hydroxylation is 1. The minimum atomic E-state index is 0.587. The minimum absolute atomic E-state index is 0.587. The van der Waals surface area contributed by atoms with Gasteiger partial charge in [-0.3, -0.25) is 4.79 Å². The highest BCUT2D eigenvalue weighted by molar-refractivity contribution is 5.85. The first kappa shape index (κ1) is 14.1. The fourth-order valence-corrected chi connectivity index (χ4v) is 3.23. The predicted molar refractivity (Wildman–Crippen MR) is 81.0 cm³/mol. The molecule has 0 N–H and O–H groups in total. The van der Waals surface area contributed by atoms with E-state index in [1.807, 2.05) is 13.0 Å². The van der Waals surface area contributed by atoms with Crippen LogP contribution in [-0.2, 0) is 0 Å². The van der Waals surface area contributed by atoms with Gasteiger partial charge in [0.15, 0.2) is 6.29 Å². The summed E-state index contributed by atoms with van der Waals surface area (Å²) in [6, 6.07) is 6.75. The van der Waals surface area contributed by atoms with Gasteiger partial charge in [-0.05, 0) is 50.7 Å². The van der Waals surface area contributed by atoms with Crippen LogP contribution in [-0.4, -0.2) is 19.4 Å². The van der Waals surface area contributed by atoms with Crippen molar-refractivity contribution in [2.24, 2.45) is 5.92 Å². The van der Waals surface area contributed by atoms with E-state index in [1.54, 1.807) is 0 Å². The average molecular weight is 259 g/mol. The summed E-state index contributed by atoms with van der Waals surface area (Å²) < 4.78 is 0. The molecule has 0 atom stereocenters. The van der Waals surface area contributed by atoms with Crippen LogP contribution in [0.4, 0.5) is 5.69 Å².